The maximum absolute atomic E-state index is 5.65. The lowest BCUT2D eigenvalue weighted by Crippen LogP contribution is -2.39. The number of morpholine rings is 1. The van der Waals surface area contributed by atoms with Gasteiger partial charge in [-0.15, -0.1) is 0 Å². The van der Waals surface area contributed by atoms with Crippen LogP contribution < -0.4 is 5.73 Å². The van der Waals surface area contributed by atoms with Crippen LogP contribution in [-0.4, -0.2) is 46.1 Å². The Labute approximate surface area is 94.9 Å². The molecule has 2 heterocycles. The van der Waals surface area contributed by atoms with Crippen LogP contribution in [0.2, 0.25) is 0 Å². The van der Waals surface area contributed by atoms with Crippen LogP contribution in [0.25, 0.3) is 0 Å². The van der Waals surface area contributed by atoms with Crippen molar-refractivity contribution in [3.05, 3.63) is 12.2 Å². The van der Waals surface area contributed by atoms with Crippen molar-refractivity contribution in [2.45, 2.75) is 19.4 Å². The first-order valence-corrected chi connectivity index (χ1v) is 5.58. The molecule has 0 bridgehead atoms. The van der Waals surface area contributed by atoms with Gasteiger partial charge in [-0.1, -0.05) is 6.92 Å². The van der Waals surface area contributed by atoms with Gasteiger partial charge in [0.15, 0.2) is 5.82 Å². The minimum atomic E-state index is -0.0781. The number of anilines is 1. The van der Waals surface area contributed by atoms with Gasteiger partial charge in [0.1, 0.15) is 12.4 Å². The zero-order valence-corrected chi connectivity index (χ0v) is 9.46. The Kier molecular flexibility index (Phi) is 3.63. The van der Waals surface area contributed by atoms with Crippen molar-refractivity contribution >= 4 is 5.95 Å². The molecule has 0 amide bonds. The Morgan fingerprint density at radius 3 is 3.19 bits per heavy atom. The number of ether oxygens (including phenoxy) is 1. The van der Waals surface area contributed by atoms with Gasteiger partial charge in [0.25, 0.3) is 0 Å². The summed E-state index contributed by atoms with van der Waals surface area (Å²) >= 11 is 0. The number of rotatable bonds is 3. The van der Waals surface area contributed by atoms with E-state index >= 15 is 0 Å². The highest BCUT2D eigenvalue weighted by atomic mass is 16.5. The van der Waals surface area contributed by atoms with Crippen molar-refractivity contribution in [1.82, 2.24) is 19.9 Å². The smallest absolute Gasteiger partial charge is 0.223 e. The highest BCUT2D eigenvalue weighted by Gasteiger charge is 2.23. The zero-order chi connectivity index (χ0) is 11.4. The van der Waals surface area contributed by atoms with Crippen LogP contribution in [0, 0.1) is 0 Å². The summed E-state index contributed by atoms with van der Waals surface area (Å²) in [6.07, 6.45) is 2.50. The van der Waals surface area contributed by atoms with E-state index in [1.54, 1.807) is 0 Å². The van der Waals surface area contributed by atoms with E-state index in [9.17, 15) is 0 Å². The molecule has 88 valence electrons. The van der Waals surface area contributed by atoms with E-state index in [1.165, 1.54) is 6.33 Å². The molecule has 0 saturated carbocycles. The SMILES string of the molecule is CCCN1CCOC(c2ncnc(N)n2)C1. The van der Waals surface area contributed by atoms with Gasteiger partial charge in [-0.05, 0) is 13.0 Å². The summed E-state index contributed by atoms with van der Waals surface area (Å²) in [6, 6.07) is 0. The van der Waals surface area contributed by atoms with Crippen LogP contribution in [-0.2, 0) is 4.74 Å². The molecular weight excluding hydrogens is 206 g/mol. The van der Waals surface area contributed by atoms with Crippen molar-refractivity contribution in [3.8, 4) is 0 Å². The monoisotopic (exact) mass is 223 g/mol. The van der Waals surface area contributed by atoms with Crippen LogP contribution >= 0.6 is 0 Å². The molecule has 1 aromatic heterocycles. The number of nitrogens with two attached hydrogens (primary N) is 1. The predicted molar refractivity (Wildman–Crippen MR) is 59.7 cm³/mol. The van der Waals surface area contributed by atoms with Gasteiger partial charge in [-0.2, -0.15) is 4.98 Å². The summed E-state index contributed by atoms with van der Waals surface area (Å²) in [4.78, 5) is 14.3. The molecule has 1 aromatic rings. The summed E-state index contributed by atoms with van der Waals surface area (Å²) in [5, 5.41) is 0. The van der Waals surface area contributed by atoms with Crippen LogP contribution in [0.15, 0.2) is 6.33 Å². The van der Waals surface area contributed by atoms with E-state index in [1.807, 2.05) is 0 Å². The molecule has 1 fully saturated rings. The van der Waals surface area contributed by atoms with E-state index < -0.39 is 0 Å². The van der Waals surface area contributed by atoms with Gasteiger partial charge in [0.05, 0.1) is 6.61 Å². The summed E-state index contributed by atoms with van der Waals surface area (Å²) in [7, 11) is 0. The highest BCUT2D eigenvalue weighted by molar-refractivity contribution is 5.13. The number of nitrogen functional groups attached to an aromatic ring is 1. The van der Waals surface area contributed by atoms with Crippen LogP contribution in [0.1, 0.15) is 25.3 Å². The second kappa shape index (κ2) is 5.18. The first kappa shape index (κ1) is 11.2. The highest BCUT2D eigenvalue weighted by Crippen LogP contribution is 2.18. The Morgan fingerprint density at radius 2 is 2.44 bits per heavy atom. The molecule has 0 radical (unpaired) electrons. The number of hydrogen-bond acceptors (Lipinski definition) is 6. The van der Waals surface area contributed by atoms with Gasteiger partial charge in [0.2, 0.25) is 5.95 Å². The lowest BCUT2D eigenvalue weighted by atomic mass is 10.2. The molecule has 16 heavy (non-hydrogen) atoms. The first-order valence-electron chi connectivity index (χ1n) is 5.58. The van der Waals surface area contributed by atoms with Crippen LogP contribution in [0.4, 0.5) is 5.95 Å². The van der Waals surface area contributed by atoms with Crippen molar-refractivity contribution in [2.24, 2.45) is 0 Å². The molecule has 6 nitrogen and oxygen atoms in total. The summed E-state index contributed by atoms with van der Waals surface area (Å²) < 4.78 is 5.65. The minimum absolute atomic E-state index is 0.0781. The second-order valence-corrected chi connectivity index (χ2v) is 3.86. The second-order valence-electron chi connectivity index (χ2n) is 3.86. The van der Waals surface area contributed by atoms with E-state index in [2.05, 4.69) is 26.8 Å². The summed E-state index contributed by atoms with van der Waals surface area (Å²) in [5.41, 5.74) is 5.53. The lowest BCUT2D eigenvalue weighted by Gasteiger charge is -2.31. The Morgan fingerprint density at radius 1 is 1.56 bits per heavy atom. The Balaban J connectivity index is 2.03. The molecule has 1 atom stereocenters. The molecule has 2 N–H and O–H groups in total. The number of hydrogen-bond donors (Lipinski definition) is 1. The van der Waals surface area contributed by atoms with Crippen molar-refractivity contribution in [1.29, 1.82) is 0 Å². The van der Waals surface area contributed by atoms with Crippen molar-refractivity contribution < 1.29 is 4.74 Å². The Bertz CT molecular complexity index is 344. The molecular formula is C10H17N5O. The standard InChI is InChI=1S/C10H17N5O/c1-2-3-15-4-5-16-8(6-15)9-12-7-13-10(11)14-9/h7-8H,2-6H2,1H3,(H2,11,12,13,14). The van der Waals surface area contributed by atoms with Gasteiger partial charge < -0.3 is 10.5 Å². The van der Waals surface area contributed by atoms with Gasteiger partial charge in [-0.25, -0.2) is 9.97 Å². The molecule has 6 heteroatoms. The molecule has 0 spiro atoms. The molecule has 1 aliphatic rings. The summed E-state index contributed by atoms with van der Waals surface area (Å²) in [6.45, 7) is 5.78. The predicted octanol–water partition coefficient (Wildman–Crippen LogP) is 0.237. The Hall–Kier alpha value is -1.27. The minimum Gasteiger partial charge on any atom is -0.368 e. The first-order chi connectivity index (χ1) is 7.79. The molecule has 1 saturated heterocycles. The van der Waals surface area contributed by atoms with E-state index in [0.29, 0.717) is 5.82 Å². The van der Waals surface area contributed by atoms with E-state index in [-0.39, 0.29) is 12.1 Å². The molecule has 1 unspecified atom stereocenters. The fraction of sp³-hybridized carbons (Fsp3) is 0.700. The molecule has 0 aliphatic carbocycles. The molecule has 1 aliphatic heterocycles. The van der Waals surface area contributed by atoms with Gasteiger partial charge in [-0.3, -0.25) is 4.90 Å². The van der Waals surface area contributed by atoms with E-state index in [0.717, 1.165) is 32.7 Å². The van der Waals surface area contributed by atoms with Gasteiger partial charge >= 0.3 is 0 Å². The maximum Gasteiger partial charge on any atom is 0.223 e. The lowest BCUT2D eigenvalue weighted by molar-refractivity contribution is -0.0342. The van der Waals surface area contributed by atoms with E-state index in [4.69, 9.17) is 10.5 Å². The summed E-state index contributed by atoms with van der Waals surface area (Å²) in [5.74, 6) is 0.884. The van der Waals surface area contributed by atoms with Gasteiger partial charge in [0, 0.05) is 13.1 Å². The number of nitrogens with zero attached hydrogens (tertiary/aromatic N) is 4. The zero-order valence-electron chi connectivity index (χ0n) is 9.46. The topological polar surface area (TPSA) is 77.2 Å². The number of aromatic nitrogens is 3. The molecule has 2 rings (SSSR count). The third kappa shape index (κ3) is 2.65. The normalized spacial score (nSPS) is 22.2. The third-order valence-corrected chi connectivity index (χ3v) is 2.59. The van der Waals surface area contributed by atoms with Crippen LogP contribution in [0.5, 0.6) is 0 Å². The fourth-order valence-electron chi connectivity index (χ4n) is 1.86. The van der Waals surface area contributed by atoms with Crippen molar-refractivity contribution in [3.63, 3.8) is 0 Å². The average Bonchev–Trinajstić information content (AvgIpc) is 2.30. The maximum atomic E-state index is 5.65. The quantitative estimate of drug-likeness (QED) is 0.790. The largest absolute Gasteiger partial charge is 0.368 e. The van der Waals surface area contributed by atoms with Crippen molar-refractivity contribution in [2.75, 3.05) is 32.0 Å². The fourth-order valence-corrected chi connectivity index (χ4v) is 1.86. The average molecular weight is 223 g/mol. The molecule has 0 aromatic carbocycles. The van der Waals surface area contributed by atoms with Crippen LogP contribution in [0.3, 0.4) is 0 Å². The third-order valence-electron chi connectivity index (χ3n) is 2.59.